The van der Waals surface area contributed by atoms with Crippen molar-refractivity contribution in [3.8, 4) is 17.0 Å². The zero-order valence-corrected chi connectivity index (χ0v) is 33.3. The topological polar surface area (TPSA) is 120 Å². The highest BCUT2D eigenvalue weighted by atomic mass is 35.5. The van der Waals surface area contributed by atoms with Gasteiger partial charge in [0, 0.05) is 68.3 Å². The van der Waals surface area contributed by atoms with Crippen LogP contribution in [0.2, 0.25) is 5.02 Å². The van der Waals surface area contributed by atoms with Crippen molar-refractivity contribution in [1.82, 2.24) is 19.7 Å². The summed E-state index contributed by atoms with van der Waals surface area (Å²) in [5.41, 5.74) is 7.02. The molecule has 13 heteroatoms. The van der Waals surface area contributed by atoms with Gasteiger partial charge in [-0.2, -0.15) is 9.46 Å². The number of carbonyl (C=O) groups is 2. The van der Waals surface area contributed by atoms with Gasteiger partial charge in [0.2, 0.25) is 0 Å². The molecule has 2 amide bonds. The lowest BCUT2D eigenvalue weighted by Crippen LogP contribution is -2.43. The number of nitrogens with zero attached hydrogens (tertiary/aromatic N) is 5. The van der Waals surface area contributed by atoms with Gasteiger partial charge in [-0.05, 0) is 104 Å². The first-order valence-electron chi connectivity index (χ1n) is 19.4. The number of benzene rings is 2. The summed E-state index contributed by atoms with van der Waals surface area (Å²) in [5, 5.41) is 7.27. The Hall–Kier alpha value is -4.39. The predicted molar refractivity (Wildman–Crippen MR) is 215 cm³/mol. The van der Waals surface area contributed by atoms with E-state index in [1.807, 2.05) is 55.3 Å². The van der Waals surface area contributed by atoms with Crippen molar-refractivity contribution in [3.63, 3.8) is 0 Å². The monoisotopic (exact) mass is 784 g/mol. The molecule has 290 valence electrons. The quantitative estimate of drug-likeness (QED) is 0.169. The van der Waals surface area contributed by atoms with Gasteiger partial charge in [-0.1, -0.05) is 36.7 Å². The Labute approximate surface area is 329 Å². The summed E-state index contributed by atoms with van der Waals surface area (Å²) < 4.78 is 34.9. The number of ether oxygens (including phenoxy) is 2. The van der Waals surface area contributed by atoms with E-state index in [4.69, 9.17) is 21.1 Å². The van der Waals surface area contributed by atoms with Crippen LogP contribution in [-0.2, 0) is 48.3 Å². The lowest BCUT2D eigenvalue weighted by molar-refractivity contribution is 0.0133. The number of anilines is 1. The van der Waals surface area contributed by atoms with Gasteiger partial charge in [-0.15, -0.1) is 0 Å². The van der Waals surface area contributed by atoms with E-state index in [-0.39, 0.29) is 17.9 Å². The molecular formula is C42H49ClN6O5S. The number of aromatic nitrogens is 3. The smallest absolute Gasteiger partial charge is 0.285 e. The molecule has 1 N–H and O–H groups in total. The van der Waals surface area contributed by atoms with Gasteiger partial charge >= 0.3 is 0 Å². The predicted octanol–water partition coefficient (Wildman–Crippen LogP) is 7.02. The fraction of sp³-hybridized carbons (Fsp3) is 0.452. The number of fused-ring (bicyclic) bond motifs is 6. The summed E-state index contributed by atoms with van der Waals surface area (Å²) in [7, 11) is 1.12. The lowest BCUT2D eigenvalue weighted by Gasteiger charge is -2.43. The molecule has 8 rings (SSSR count). The lowest BCUT2D eigenvalue weighted by atomic mass is 9.70. The largest absolute Gasteiger partial charge is 0.491 e. The zero-order chi connectivity index (χ0) is 38.2. The van der Waals surface area contributed by atoms with E-state index in [9.17, 15) is 13.8 Å². The number of nitrogens with one attached hydrogen (secondary N) is 1. The number of amides is 2. The highest BCUT2D eigenvalue weighted by Gasteiger charge is 2.38. The molecule has 1 saturated carbocycles. The summed E-state index contributed by atoms with van der Waals surface area (Å²) >= 11 is 6.48. The van der Waals surface area contributed by atoms with Gasteiger partial charge in [0.1, 0.15) is 11.1 Å². The van der Waals surface area contributed by atoms with Crippen LogP contribution in [0.15, 0.2) is 71.4 Å². The summed E-state index contributed by atoms with van der Waals surface area (Å²) in [4.78, 5) is 30.2. The maximum absolute atomic E-state index is 14.2. The normalized spacial score (nSPS) is 26.3. The van der Waals surface area contributed by atoms with Gasteiger partial charge in [0.05, 0.1) is 46.4 Å². The average Bonchev–Trinajstić information content (AvgIpc) is 3.77. The van der Waals surface area contributed by atoms with Gasteiger partial charge in [-0.3, -0.25) is 18.5 Å². The van der Waals surface area contributed by atoms with Gasteiger partial charge in [-0.25, -0.2) is 0 Å². The number of hydrogen-bond acceptors (Lipinski definition) is 7. The number of thiol groups is 1. The Morgan fingerprint density at radius 3 is 2.78 bits per heavy atom. The van der Waals surface area contributed by atoms with Crippen LogP contribution in [-0.4, -0.2) is 62.1 Å². The molecule has 1 aliphatic carbocycles. The minimum atomic E-state index is -2.56. The highest BCUT2D eigenvalue weighted by Crippen LogP contribution is 2.42. The van der Waals surface area contributed by atoms with E-state index in [1.54, 1.807) is 13.2 Å². The van der Waals surface area contributed by atoms with Crippen LogP contribution in [0.5, 0.6) is 5.75 Å². The maximum Gasteiger partial charge on any atom is 0.285 e. The molecular weight excluding hydrogens is 736 g/mol. The Bertz CT molecular complexity index is 2220. The molecule has 55 heavy (non-hydrogen) atoms. The molecule has 0 radical (unpaired) electrons. The molecule has 0 spiro atoms. The van der Waals surface area contributed by atoms with Gasteiger partial charge in [0.25, 0.3) is 11.8 Å². The fourth-order valence-corrected chi connectivity index (χ4v) is 10.0. The minimum Gasteiger partial charge on any atom is -0.491 e. The molecule has 5 heterocycles. The van der Waals surface area contributed by atoms with Crippen molar-refractivity contribution in [1.29, 1.82) is 0 Å². The van der Waals surface area contributed by atoms with Crippen LogP contribution in [0.25, 0.3) is 11.3 Å². The first-order chi connectivity index (χ1) is 26.7. The molecule has 6 atom stereocenters. The van der Waals surface area contributed by atoms with E-state index in [0.717, 1.165) is 79.3 Å². The molecule has 2 aromatic heterocycles. The maximum atomic E-state index is 14.2. The van der Waals surface area contributed by atoms with Crippen LogP contribution >= 0.6 is 11.6 Å². The van der Waals surface area contributed by atoms with Crippen molar-refractivity contribution in [2.75, 3.05) is 25.2 Å². The fourth-order valence-electron chi connectivity index (χ4n) is 8.63. The van der Waals surface area contributed by atoms with Crippen LogP contribution in [0, 0.1) is 17.8 Å². The van der Waals surface area contributed by atoms with Crippen LogP contribution in [0.3, 0.4) is 0 Å². The Kier molecular flexibility index (Phi) is 10.9. The second-order valence-corrected chi connectivity index (χ2v) is 17.2. The number of rotatable bonds is 3. The van der Waals surface area contributed by atoms with Crippen molar-refractivity contribution in [2.24, 2.45) is 29.2 Å². The summed E-state index contributed by atoms with van der Waals surface area (Å²) in [5.74, 6) is 0.0869. The second-order valence-electron chi connectivity index (χ2n) is 15.4. The van der Waals surface area contributed by atoms with E-state index in [0.29, 0.717) is 48.3 Å². The molecule has 2 bridgehead atoms. The molecule has 1 fully saturated rings. The van der Waals surface area contributed by atoms with E-state index < -0.39 is 21.9 Å². The zero-order valence-electron chi connectivity index (χ0n) is 31.6. The number of carbonyl (C=O) groups excluding carboxylic acids is 2. The summed E-state index contributed by atoms with van der Waals surface area (Å²) in [6.07, 6.45) is 13.9. The van der Waals surface area contributed by atoms with Crippen molar-refractivity contribution < 1.29 is 23.3 Å². The highest BCUT2D eigenvalue weighted by molar-refractivity contribution is 7.76. The first kappa shape index (κ1) is 37.5. The molecule has 3 aliphatic heterocycles. The Morgan fingerprint density at radius 1 is 1.09 bits per heavy atom. The number of hydrogen-bond donors (Lipinski definition) is 2. The van der Waals surface area contributed by atoms with Crippen molar-refractivity contribution in [2.45, 2.75) is 76.4 Å². The number of halogens is 1. The summed E-state index contributed by atoms with van der Waals surface area (Å²) in [6, 6.07) is 13.3. The van der Waals surface area contributed by atoms with Crippen LogP contribution < -0.4 is 15.0 Å². The summed E-state index contributed by atoms with van der Waals surface area (Å²) in [6.45, 7) is 4.56. The van der Waals surface area contributed by atoms with Crippen molar-refractivity contribution >= 4 is 39.7 Å². The third-order valence-corrected chi connectivity index (χ3v) is 13.7. The standard InChI is InChI=1S/C42H49ClN6O5S/c1-26-7-6-9-38(53-3)33-14-11-30(33)24-49-23-29-10-13-32(43)19-27(29)8-4-5-18-54-39-15-12-28(20-37(39)49)41(51)46-55(52)42(26)45-40(50)31-21-36-34-22-44-47(2)35(34)16-17-48(36)25-31/h6,9-10,12-13,15,19-22,25-26,30,33,38,42,55H,4-5,7-8,11,14,16-18,23-24H2,1-3H3,(H,45,50)/b9-6+/t26-,30-,33+,38-,42?/m0/s1. The molecule has 11 nitrogen and oxygen atoms in total. The Balaban J connectivity index is 1.16. The van der Waals surface area contributed by atoms with Crippen LogP contribution in [0.4, 0.5) is 5.69 Å². The van der Waals surface area contributed by atoms with Gasteiger partial charge < -0.3 is 24.3 Å². The number of allylic oxidation sites excluding steroid dienone is 1. The average molecular weight is 785 g/mol. The van der Waals surface area contributed by atoms with E-state index in [2.05, 4.69) is 48.5 Å². The third kappa shape index (κ3) is 7.73. The number of aryl methyl sites for hydroxylation is 3. The Morgan fingerprint density at radius 2 is 1.96 bits per heavy atom. The molecule has 4 aliphatic rings. The SMILES string of the molecule is CO[C@H]1/C=C/C[C@H](C)C(NC(=O)c2cc3n(c2)CCc2c-3cnn2C)/[SH](=O)=N\C(=O)c2ccc3c(c2)N(Cc2ccc(Cl)cc2CCCCO3)C[C@@H]2CC[C@H]21. The van der Waals surface area contributed by atoms with Gasteiger partial charge in [0.15, 0.2) is 0 Å². The molecule has 4 aromatic rings. The number of methoxy groups -OCH3 is 1. The third-order valence-electron chi connectivity index (χ3n) is 12.0. The van der Waals surface area contributed by atoms with E-state index in [1.165, 1.54) is 11.1 Å². The molecule has 0 saturated heterocycles. The second kappa shape index (κ2) is 16.0. The first-order valence-corrected chi connectivity index (χ1v) is 21.1. The molecule has 2 unspecified atom stereocenters. The minimum absolute atomic E-state index is 0.103. The van der Waals surface area contributed by atoms with Crippen molar-refractivity contribution in [3.05, 3.63) is 100.0 Å². The van der Waals surface area contributed by atoms with E-state index >= 15 is 0 Å². The molecule has 2 aromatic carbocycles. The van der Waals surface area contributed by atoms with Crippen LogP contribution in [0.1, 0.15) is 76.6 Å².